The molecule has 0 aliphatic carbocycles. The number of H-pyrrole nitrogens is 1. The van der Waals surface area contributed by atoms with Gasteiger partial charge in [-0.3, -0.25) is 4.98 Å². The van der Waals surface area contributed by atoms with E-state index in [0.717, 1.165) is 59.5 Å². The first-order valence-corrected chi connectivity index (χ1v) is 8.40. The highest BCUT2D eigenvalue weighted by molar-refractivity contribution is 5.95. The molecule has 0 amide bonds. The summed E-state index contributed by atoms with van der Waals surface area (Å²) in [6.07, 6.45) is 7.28. The highest BCUT2D eigenvalue weighted by atomic mass is 15.2. The van der Waals surface area contributed by atoms with Crippen molar-refractivity contribution in [2.24, 2.45) is 0 Å². The summed E-state index contributed by atoms with van der Waals surface area (Å²) in [4.78, 5) is 23.8. The minimum atomic E-state index is 0.709. The fraction of sp³-hybridized carbons (Fsp3) is 0.222. The van der Waals surface area contributed by atoms with Crippen LogP contribution in [-0.2, 0) is 0 Å². The van der Waals surface area contributed by atoms with Crippen LogP contribution < -0.4 is 10.2 Å². The largest absolute Gasteiger partial charge is 0.353 e. The van der Waals surface area contributed by atoms with Gasteiger partial charge < -0.3 is 15.2 Å². The maximum atomic E-state index is 4.94. The molecule has 124 valence electrons. The molecule has 5 rings (SSSR count). The first-order chi connectivity index (χ1) is 12.4. The van der Waals surface area contributed by atoms with Crippen molar-refractivity contribution in [3.63, 3.8) is 0 Å². The third-order valence-corrected chi connectivity index (χ3v) is 4.60. The van der Waals surface area contributed by atoms with Crippen LogP contribution >= 0.6 is 0 Å². The molecule has 0 unspecified atom stereocenters. The minimum Gasteiger partial charge on any atom is -0.353 e. The Morgan fingerprint density at radius 1 is 0.960 bits per heavy atom. The number of rotatable bonds is 2. The fourth-order valence-corrected chi connectivity index (χ4v) is 3.36. The number of piperazine rings is 1. The quantitative estimate of drug-likeness (QED) is 0.584. The second-order valence-electron chi connectivity index (χ2n) is 6.10. The van der Waals surface area contributed by atoms with Crippen molar-refractivity contribution in [2.45, 2.75) is 0 Å². The van der Waals surface area contributed by atoms with Crippen LogP contribution in [0.5, 0.6) is 0 Å². The van der Waals surface area contributed by atoms with Gasteiger partial charge in [-0.25, -0.2) is 15.0 Å². The van der Waals surface area contributed by atoms with Gasteiger partial charge in [-0.15, -0.1) is 0 Å². The molecule has 0 spiro atoms. The summed E-state index contributed by atoms with van der Waals surface area (Å²) in [6.45, 7) is 3.79. The van der Waals surface area contributed by atoms with Gasteiger partial charge >= 0.3 is 0 Å². The van der Waals surface area contributed by atoms with Crippen molar-refractivity contribution in [3.05, 3.63) is 43.0 Å². The topological polar surface area (TPSA) is 82.6 Å². The van der Waals surface area contributed by atoms with Gasteiger partial charge in [0.1, 0.15) is 11.5 Å². The number of pyridine rings is 2. The molecule has 4 aromatic rings. The van der Waals surface area contributed by atoms with Gasteiger partial charge in [-0.05, 0) is 18.2 Å². The van der Waals surface area contributed by atoms with Gasteiger partial charge in [0.25, 0.3) is 0 Å². The Morgan fingerprint density at radius 3 is 2.80 bits per heavy atom. The predicted octanol–water partition coefficient (Wildman–Crippen LogP) is 1.98. The highest BCUT2D eigenvalue weighted by Crippen LogP contribution is 2.30. The van der Waals surface area contributed by atoms with E-state index in [1.807, 2.05) is 30.6 Å². The molecule has 7 heteroatoms. The average Bonchev–Trinajstić information content (AvgIpc) is 3.16. The summed E-state index contributed by atoms with van der Waals surface area (Å²) in [5.41, 5.74) is 2.69. The van der Waals surface area contributed by atoms with Crippen LogP contribution in [0.2, 0.25) is 0 Å². The van der Waals surface area contributed by atoms with E-state index in [2.05, 4.69) is 25.2 Å². The molecule has 1 aliphatic heterocycles. The molecular weight excluding hydrogens is 314 g/mol. The zero-order chi connectivity index (χ0) is 16.6. The summed E-state index contributed by atoms with van der Waals surface area (Å²) in [6, 6.07) is 5.98. The summed E-state index contributed by atoms with van der Waals surface area (Å²) in [5, 5.41) is 5.46. The highest BCUT2D eigenvalue weighted by Gasteiger charge is 2.18. The molecule has 1 saturated heterocycles. The third kappa shape index (κ3) is 2.40. The van der Waals surface area contributed by atoms with Crippen LogP contribution in [0.1, 0.15) is 0 Å². The first-order valence-electron chi connectivity index (χ1n) is 8.40. The van der Waals surface area contributed by atoms with Crippen molar-refractivity contribution in [1.82, 2.24) is 30.2 Å². The molecule has 4 aromatic heterocycles. The summed E-state index contributed by atoms with van der Waals surface area (Å²) in [7, 11) is 0. The Morgan fingerprint density at radius 2 is 1.88 bits per heavy atom. The van der Waals surface area contributed by atoms with Crippen LogP contribution in [0.15, 0.2) is 43.0 Å². The zero-order valence-electron chi connectivity index (χ0n) is 13.6. The second kappa shape index (κ2) is 5.78. The molecular formula is C18H17N7. The van der Waals surface area contributed by atoms with Crippen molar-refractivity contribution in [3.8, 4) is 11.4 Å². The molecule has 5 heterocycles. The molecule has 7 nitrogen and oxygen atoms in total. The zero-order valence-corrected chi connectivity index (χ0v) is 13.6. The number of aromatic amines is 1. The molecule has 25 heavy (non-hydrogen) atoms. The average molecular weight is 331 g/mol. The lowest BCUT2D eigenvalue weighted by molar-refractivity contribution is 0.586. The van der Waals surface area contributed by atoms with Gasteiger partial charge in [0.2, 0.25) is 0 Å². The van der Waals surface area contributed by atoms with Crippen molar-refractivity contribution < 1.29 is 0 Å². The number of hydrogen-bond acceptors (Lipinski definition) is 6. The van der Waals surface area contributed by atoms with Crippen LogP contribution in [0.25, 0.3) is 33.3 Å². The van der Waals surface area contributed by atoms with E-state index >= 15 is 0 Å². The van der Waals surface area contributed by atoms with Gasteiger partial charge in [-0.1, -0.05) is 0 Å². The van der Waals surface area contributed by atoms with Crippen LogP contribution in [-0.4, -0.2) is 51.1 Å². The van der Waals surface area contributed by atoms with E-state index in [9.17, 15) is 0 Å². The Balaban J connectivity index is 1.75. The molecule has 1 fully saturated rings. The maximum Gasteiger partial charge on any atom is 0.163 e. The maximum absolute atomic E-state index is 4.94. The normalized spacial score (nSPS) is 15.1. The van der Waals surface area contributed by atoms with Crippen LogP contribution in [0.4, 0.5) is 5.82 Å². The predicted molar refractivity (Wildman–Crippen MR) is 97.5 cm³/mol. The minimum absolute atomic E-state index is 0.709. The first kappa shape index (κ1) is 14.3. The van der Waals surface area contributed by atoms with Crippen LogP contribution in [0, 0.1) is 0 Å². The molecule has 0 bridgehead atoms. The molecule has 0 saturated carbocycles. The lowest BCUT2D eigenvalue weighted by Gasteiger charge is -2.29. The Labute approximate surface area is 144 Å². The molecule has 1 aliphatic rings. The summed E-state index contributed by atoms with van der Waals surface area (Å²) in [5.74, 6) is 1.69. The smallest absolute Gasteiger partial charge is 0.163 e. The van der Waals surface area contributed by atoms with E-state index < -0.39 is 0 Å². The molecule has 0 atom stereocenters. The van der Waals surface area contributed by atoms with E-state index in [0.29, 0.717) is 5.82 Å². The number of hydrogen-bond donors (Lipinski definition) is 2. The van der Waals surface area contributed by atoms with E-state index in [4.69, 9.17) is 9.97 Å². The third-order valence-electron chi connectivity index (χ3n) is 4.60. The Bertz CT molecular complexity index is 1050. The summed E-state index contributed by atoms with van der Waals surface area (Å²) < 4.78 is 0. The summed E-state index contributed by atoms with van der Waals surface area (Å²) >= 11 is 0. The van der Waals surface area contributed by atoms with Gasteiger partial charge in [0, 0.05) is 61.1 Å². The lowest BCUT2D eigenvalue weighted by atomic mass is 10.1. The number of aromatic nitrogens is 5. The Kier molecular flexibility index (Phi) is 3.31. The fourth-order valence-electron chi connectivity index (χ4n) is 3.36. The van der Waals surface area contributed by atoms with Crippen molar-refractivity contribution in [2.75, 3.05) is 31.1 Å². The van der Waals surface area contributed by atoms with Gasteiger partial charge in [0.05, 0.1) is 11.7 Å². The number of nitrogens with zero attached hydrogens (tertiary/aromatic N) is 5. The monoisotopic (exact) mass is 331 g/mol. The Hall–Kier alpha value is -3.06. The lowest BCUT2D eigenvalue weighted by Crippen LogP contribution is -2.44. The SMILES string of the molecule is c1cc2c(N3CCNCC3)nc(-c3ccnc4[nH]ccc34)nc2cn1. The second-order valence-corrected chi connectivity index (χ2v) is 6.10. The van der Waals surface area contributed by atoms with Gasteiger partial charge in [0.15, 0.2) is 5.82 Å². The number of fused-ring (bicyclic) bond motifs is 2. The van der Waals surface area contributed by atoms with Crippen molar-refractivity contribution in [1.29, 1.82) is 0 Å². The molecule has 2 N–H and O–H groups in total. The van der Waals surface area contributed by atoms with Crippen LogP contribution in [0.3, 0.4) is 0 Å². The number of anilines is 1. The molecule has 0 aromatic carbocycles. The van der Waals surface area contributed by atoms with Crippen molar-refractivity contribution >= 4 is 27.8 Å². The van der Waals surface area contributed by atoms with Gasteiger partial charge in [-0.2, -0.15) is 0 Å². The van der Waals surface area contributed by atoms with E-state index in [1.54, 1.807) is 12.4 Å². The van der Waals surface area contributed by atoms with E-state index in [-0.39, 0.29) is 0 Å². The molecule has 0 radical (unpaired) electrons. The van der Waals surface area contributed by atoms with E-state index in [1.165, 1.54) is 0 Å². The standard InChI is InChI=1S/C18H17N7/c1-4-20-11-15-14(1)18(25-9-7-19-8-10-25)24-17(23-15)13-3-6-22-16-12(13)2-5-21-16/h1-6,11,19H,7-10H2,(H,21,22). The number of nitrogens with one attached hydrogen (secondary N) is 2.